The molecule has 0 spiro atoms. The maximum atomic E-state index is 12.8. The highest BCUT2D eigenvalue weighted by molar-refractivity contribution is 5.76. The zero-order valence-corrected chi connectivity index (χ0v) is 15.2. The van der Waals surface area contributed by atoms with Crippen LogP contribution in [0.3, 0.4) is 0 Å². The highest BCUT2D eigenvalue weighted by atomic mass is 19.4. The van der Waals surface area contributed by atoms with Crippen LogP contribution in [0.2, 0.25) is 0 Å². The Balaban J connectivity index is 1.86. The number of halogens is 3. The van der Waals surface area contributed by atoms with Crippen LogP contribution in [-0.2, 0) is 30.9 Å². The summed E-state index contributed by atoms with van der Waals surface area (Å²) in [5.41, 5.74) is 2.23. The molecule has 0 aliphatic carbocycles. The van der Waals surface area contributed by atoms with E-state index in [9.17, 15) is 18.0 Å². The molecule has 9 heteroatoms. The summed E-state index contributed by atoms with van der Waals surface area (Å²) < 4.78 is 40.1. The van der Waals surface area contributed by atoms with Crippen molar-refractivity contribution in [2.24, 2.45) is 7.05 Å². The fraction of sp³-hybridized carbons (Fsp3) is 0.529. The van der Waals surface area contributed by atoms with Crippen molar-refractivity contribution >= 4 is 5.91 Å². The molecule has 0 unspecified atom stereocenters. The zero-order chi connectivity index (χ0) is 19.5. The molecule has 0 aliphatic rings. The van der Waals surface area contributed by atoms with Crippen molar-refractivity contribution in [3.8, 4) is 0 Å². The number of hydrogen-bond acceptors (Lipinski definition) is 4. The van der Waals surface area contributed by atoms with Gasteiger partial charge in [-0.1, -0.05) is 0 Å². The summed E-state index contributed by atoms with van der Waals surface area (Å²) in [5.74, 6) is -0.104. The molecule has 2 heterocycles. The van der Waals surface area contributed by atoms with Gasteiger partial charge in [-0.05, 0) is 38.8 Å². The second kappa shape index (κ2) is 7.84. The van der Waals surface area contributed by atoms with E-state index < -0.39 is 11.9 Å². The predicted octanol–water partition coefficient (Wildman–Crippen LogP) is 2.45. The molecule has 0 aromatic carbocycles. The van der Waals surface area contributed by atoms with E-state index >= 15 is 0 Å². The normalized spacial score (nSPS) is 11.7. The van der Waals surface area contributed by atoms with Gasteiger partial charge >= 0.3 is 6.18 Å². The van der Waals surface area contributed by atoms with E-state index in [1.807, 2.05) is 20.9 Å². The smallest absolute Gasteiger partial charge is 0.356 e. The van der Waals surface area contributed by atoms with Crippen LogP contribution in [0.5, 0.6) is 0 Å². The van der Waals surface area contributed by atoms with Crippen LogP contribution >= 0.6 is 0 Å². The molecule has 0 fully saturated rings. The van der Waals surface area contributed by atoms with Gasteiger partial charge in [-0.2, -0.15) is 18.3 Å². The first-order valence-electron chi connectivity index (χ1n) is 8.25. The molecule has 2 rings (SSSR count). The van der Waals surface area contributed by atoms with E-state index in [2.05, 4.69) is 20.4 Å². The summed E-state index contributed by atoms with van der Waals surface area (Å²) in [5, 5.41) is 7.00. The lowest BCUT2D eigenvalue weighted by molar-refractivity contribution is -0.141. The summed E-state index contributed by atoms with van der Waals surface area (Å²) in [6, 6.07) is 0.903. The average Bonchev–Trinajstić information content (AvgIpc) is 2.77. The standard InChI is InChI=1S/C17H22F3N5O/c1-10-9-14(17(18,19)20)23-15(22-10)7-8-21-16(26)6-5-13-11(2)24-25(4)12(13)3/h9H,5-8H2,1-4H3,(H,21,26). The molecule has 26 heavy (non-hydrogen) atoms. The van der Waals surface area contributed by atoms with Crippen molar-refractivity contribution in [3.05, 3.63) is 40.2 Å². The van der Waals surface area contributed by atoms with Gasteiger partial charge in [-0.25, -0.2) is 9.97 Å². The number of nitrogens with zero attached hydrogens (tertiary/aromatic N) is 4. The Labute approximate surface area is 149 Å². The Morgan fingerprint density at radius 3 is 2.46 bits per heavy atom. The summed E-state index contributed by atoms with van der Waals surface area (Å²) in [6.45, 7) is 5.51. The van der Waals surface area contributed by atoms with Gasteiger partial charge in [0.25, 0.3) is 0 Å². The molecule has 6 nitrogen and oxygen atoms in total. The number of nitrogens with one attached hydrogen (secondary N) is 1. The number of hydrogen-bond donors (Lipinski definition) is 1. The third-order valence-electron chi connectivity index (χ3n) is 4.12. The summed E-state index contributed by atoms with van der Waals surface area (Å²) in [7, 11) is 1.85. The van der Waals surface area contributed by atoms with Crippen LogP contribution in [0.15, 0.2) is 6.07 Å². The van der Waals surface area contributed by atoms with Gasteiger partial charge < -0.3 is 5.32 Å². The van der Waals surface area contributed by atoms with Gasteiger partial charge in [0.05, 0.1) is 5.69 Å². The molecule has 142 valence electrons. The number of carbonyl (C=O) groups is 1. The van der Waals surface area contributed by atoms with Gasteiger partial charge in [-0.15, -0.1) is 0 Å². The zero-order valence-electron chi connectivity index (χ0n) is 15.2. The quantitative estimate of drug-likeness (QED) is 0.849. The van der Waals surface area contributed by atoms with Gasteiger partial charge in [0, 0.05) is 37.8 Å². The van der Waals surface area contributed by atoms with Crippen molar-refractivity contribution in [3.63, 3.8) is 0 Å². The minimum absolute atomic E-state index is 0.0663. The molecule has 1 N–H and O–H groups in total. The Morgan fingerprint density at radius 2 is 1.88 bits per heavy atom. The summed E-state index contributed by atoms with van der Waals surface area (Å²) in [6.07, 6.45) is -3.51. The molecule has 0 saturated carbocycles. The van der Waals surface area contributed by atoms with Gasteiger partial charge in [0.2, 0.25) is 5.91 Å². The number of aryl methyl sites for hydroxylation is 3. The monoisotopic (exact) mass is 369 g/mol. The lowest BCUT2D eigenvalue weighted by Gasteiger charge is -2.09. The molecule has 0 radical (unpaired) electrons. The molecule has 0 bridgehead atoms. The minimum atomic E-state index is -4.51. The van der Waals surface area contributed by atoms with Crippen molar-refractivity contribution in [1.82, 2.24) is 25.1 Å². The molecule has 0 saturated heterocycles. The summed E-state index contributed by atoms with van der Waals surface area (Å²) >= 11 is 0. The maximum Gasteiger partial charge on any atom is 0.433 e. The second-order valence-electron chi connectivity index (χ2n) is 6.18. The van der Waals surface area contributed by atoms with E-state index in [-0.39, 0.29) is 36.8 Å². The minimum Gasteiger partial charge on any atom is -0.356 e. The van der Waals surface area contributed by atoms with Crippen molar-refractivity contribution in [2.45, 2.75) is 46.2 Å². The fourth-order valence-corrected chi connectivity index (χ4v) is 2.71. The second-order valence-corrected chi connectivity index (χ2v) is 6.18. The van der Waals surface area contributed by atoms with Crippen molar-refractivity contribution < 1.29 is 18.0 Å². The fourth-order valence-electron chi connectivity index (χ4n) is 2.71. The van der Waals surface area contributed by atoms with Gasteiger partial charge in [0.1, 0.15) is 11.5 Å². The number of aromatic nitrogens is 4. The Morgan fingerprint density at radius 1 is 1.19 bits per heavy atom. The predicted molar refractivity (Wildman–Crippen MR) is 89.5 cm³/mol. The van der Waals surface area contributed by atoms with Crippen LogP contribution in [0.25, 0.3) is 0 Å². The third-order valence-corrected chi connectivity index (χ3v) is 4.12. The lowest BCUT2D eigenvalue weighted by Crippen LogP contribution is -2.26. The molecule has 0 aliphatic heterocycles. The van der Waals surface area contributed by atoms with Gasteiger partial charge in [-0.3, -0.25) is 9.48 Å². The topological polar surface area (TPSA) is 72.7 Å². The first-order valence-corrected chi connectivity index (χ1v) is 8.25. The van der Waals surface area contributed by atoms with Crippen LogP contribution < -0.4 is 5.32 Å². The van der Waals surface area contributed by atoms with Gasteiger partial charge in [0.15, 0.2) is 0 Å². The molecule has 1 amide bonds. The molecule has 2 aromatic rings. The average molecular weight is 369 g/mol. The molecule has 2 aromatic heterocycles. The Hall–Kier alpha value is -2.45. The van der Waals surface area contributed by atoms with Crippen molar-refractivity contribution in [2.75, 3.05) is 6.54 Å². The van der Waals surface area contributed by atoms with Crippen molar-refractivity contribution in [1.29, 1.82) is 0 Å². The highest BCUT2D eigenvalue weighted by Crippen LogP contribution is 2.27. The first kappa shape index (κ1) is 19.9. The number of rotatable bonds is 6. The van der Waals surface area contributed by atoms with Crippen LogP contribution in [-0.4, -0.2) is 32.2 Å². The van der Waals surface area contributed by atoms with E-state index in [1.165, 1.54) is 6.92 Å². The Bertz CT molecular complexity index is 798. The van der Waals surface area contributed by atoms with E-state index in [0.717, 1.165) is 23.0 Å². The SMILES string of the molecule is Cc1cc(C(F)(F)F)nc(CCNC(=O)CCc2c(C)nn(C)c2C)n1. The lowest BCUT2D eigenvalue weighted by atomic mass is 10.1. The largest absolute Gasteiger partial charge is 0.433 e. The summed E-state index contributed by atoms with van der Waals surface area (Å²) in [4.78, 5) is 19.5. The molecular formula is C17H22F3N5O. The Kier molecular flexibility index (Phi) is 5.99. The van der Waals surface area contributed by atoms with E-state index in [0.29, 0.717) is 6.42 Å². The van der Waals surface area contributed by atoms with E-state index in [4.69, 9.17) is 0 Å². The molecular weight excluding hydrogens is 347 g/mol. The number of carbonyl (C=O) groups excluding carboxylic acids is 1. The first-order chi connectivity index (χ1) is 12.1. The third kappa shape index (κ3) is 5.03. The maximum absolute atomic E-state index is 12.8. The van der Waals surface area contributed by atoms with Crippen LogP contribution in [0.1, 0.15) is 40.6 Å². The number of amides is 1. The highest BCUT2D eigenvalue weighted by Gasteiger charge is 2.33. The van der Waals surface area contributed by atoms with Crippen LogP contribution in [0, 0.1) is 20.8 Å². The van der Waals surface area contributed by atoms with Crippen LogP contribution in [0.4, 0.5) is 13.2 Å². The number of alkyl halides is 3. The van der Waals surface area contributed by atoms with E-state index in [1.54, 1.807) is 4.68 Å². The molecule has 0 atom stereocenters.